The number of hydrogen-bond acceptors (Lipinski definition) is 7. The third-order valence-corrected chi connectivity index (χ3v) is 6.73. The third-order valence-electron chi connectivity index (χ3n) is 6.39. The molecule has 0 saturated carbocycles. The number of Topliss-reactive ketones (excluding diaryl/α,β-unsaturated/α-hetero) is 1. The molecule has 176 valence electrons. The summed E-state index contributed by atoms with van der Waals surface area (Å²) in [7, 11) is 0. The van der Waals surface area contributed by atoms with E-state index in [4.69, 9.17) is 21.1 Å². The van der Waals surface area contributed by atoms with E-state index >= 15 is 0 Å². The SMILES string of the molecule is CC1=C(C(=O)OC[C@@H]2CCCO2)[C@@H](c2cc([N+](=O)[O-])ccc2Cl)C2=C(CC(C)(C)CC2=O)N1. The minimum absolute atomic E-state index is 0.109. The summed E-state index contributed by atoms with van der Waals surface area (Å²) in [6.07, 6.45) is 2.48. The zero-order valence-corrected chi connectivity index (χ0v) is 19.7. The number of ketones is 1. The van der Waals surface area contributed by atoms with Crippen LogP contribution >= 0.6 is 11.6 Å². The second kappa shape index (κ2) is 8.91. The Kier molecular flexibility index (Phi) is 6.33. The molecular formula is C24H27ClN2O6. The van der Waals surface area contributed by atoms with Crippen molar-refractivity contribution in [2.45, 2.75) is 58.5 Å². The van der Waals surface area contributed by atoms with Gasteiger partial charge in [0.15, 0.2) is 5.78 Å². The first-order valence-corrected chi connectivity index (χ1v) is 11.4. The third kappa shape index (κ3) is 4.68. The number of hydrogen-bond donors (Lipinski definition) is 1. The van der Waals surface area contributed by atoms with Gasteiger partial charge >= 0.3 is 5.97 Å². The van der Waals surface area contributed by atoms with Gasteiger partial charge in [0.25, 0.3) is 5.69 Å². The summed E-state index contributed by atoms with van der Waals surface area (Å²) in [5.74, 6) is -1.56. The minimum atomic E-state index is -0.853. The van der Waals surface area contributed by atoms with E-state index in [1.54, 1.807) is 6.92 Å². The van der Waals surface area contributed by atoms with Crippen molar-refractivity contribution in [3.05, 3.63) is 61.4 Å². The lowest BCUT2D eigenvalue weighted by molar-refractivity contribution is -0.384. The van der Waals surface area contributed by atoms with E-state index < -0.39 is 16.8 Å². The first kappa shape index (κ1) is 23.4. The molecule has 0 unspecified atom stereocenters. The lowest BCUT2D eigenvalue weighted by Gasteiger charge is -2.39. The Morgan fingerprint density at radius 3 is 2.79 bits per heavy atom. The number of carbonyl (C=O) groups is 2. The summed E-state index contributed by atoms with van der Waals surface area (Å²) >= 11 is 6.50. The van der Waals surface area contributed by atoms with Crippen LogP contribution in [0, 0.1) is 15.5 Å². The zero-order valence-electron chi connectivity index (χ0n) is 18.9. The largest absolute Gasteiger partial charge is 0.459 e. The lowest BCUT2D eigenvalue weighted by atomic mass is 9.68. The van der Waals surface area contributed by atoms with Crippen molar-refractivity contribution in [2.24, 2.45) is 5.41 Å². The average molecular weight is 475 g/mol. The van der Waals surface area contributed by atoms with E-state index in [2.05, 4.69) is 5.32 Å². The molecule has 1 aliphatic carbocycles. The molecule has 1 fully saturated rings. The van der Waals surface area contributed by atoms with Crippen LogP contribution < -0.4 is 5.32 Å². The van der Waals surface area contributed by atoms with Crippen LogP contribution in [0.4, 0.5) is 5.69 Å². The second-order valence-electron chi connectivity index (χ2n) is 9.63. The molecule has 1 saturated heterocycles. The average Bonchev–Trinajstić information content (AvgIpc) is 3.24. The molecular weight excluding hydrogens is 448 g/mol. The molecule has 33 heavy (non-hydrogen) atoms. The summed E-state index contributed by atoms with van der Waals surface area (Å²) < 4.78 is 11.1. The number of ether oxygens (including phenoxy) is 2. The fraction of sp³-hybridized carbons (Fsp3) is 0.500. The Morgan fingerprint density at radius 1 is 1.36 bits per heavy atom. The van der Waals surface area contributed by atoms with Gasteiger partial charge in [-0.1, -0.05) is 25.4 Å². The summed E-state index contributed by atoms with van der Waals surface area (Å²) in [4.78, 5) is 37.6. The molecule has 1 aromatic carbocycles. The summed E-state index contributed by atoms with van der Waals surface area (Å²) in [6, 6.07) is 4.08. The van der Waals surface area contributed by atoms with Crippen molar-refractivity contribution in [3.63, 3.8) is 0 Å². The van der Waals surface area contributed by atoms with Gasteiger partial charge in [-0.05, 0) is 43.2 Å². The molecule has 2 atom stereocenters. The van der Waals surface area contributed by atoms with Gasteiger partial charge in [-0.15, -0.1) is 0 Å². The first-order chi connectivity index (χ1) is 15.6. The summed E-state index contributed by atoms with van der Waals surface area (Å²) in [6.45, 7) is 6.51. The first-order valence-electron chi connectivity index (χ1n) is 11.0. The minimum Gasteiger partial charge on any atom is -0.459 e. The van der Waals surface area contributed by atoms with Crippen LogP contribution in [0.2, 0.25) is 5.02 Å². The number of esters is 1. The quantitative estimate of drug-likeness (QED) is 0.378. The number of carbonyl (C=O) groups excluding carboxylic acids is 2. The fourth-order valence-corrected chi connectivity index (χ4v) is 5.13. The van der Waals surface area contributed by atoms with Crippen molar-refractivity contribution in [2.75, 3.05) is 13.2 Å². The Balaban J connectivity index is 1.80. The highest BCUT2D eigenvalue weighted by Crippen LogP contribution is 2.48. The molecule has 0 aromatic heterocycles. The van der Waals surface area contributed by atoms with Crippen LogP contribution in [-0.2, 0) is 19.1 Å². The van der Waals surface area contributed by atoms with Gasteiger partial charge in [0.2, 0.25) is 0 Å². The smallest absolute Gasteiger partial charge is 0.336 e. The number of dihydropyridines is 1. The van der Waals surface area contributed by atoms with E-state index in [1.165, 1.54) is 18.2 Å². The molecule has 1 aromatic rings. The number of nitrogens with zero attached hydrogens (tertiary/aromatic N) is 1. The number of non-ortho nitro benzene ring substituents is 1. The molecule has 4 rings (SSSR count). The number of benzene rings is 1. The molecule has 2 aliphatic heterocycles. The predicted molar refractivity (Wildman–Crippen MR) is 122 cm³/mol. The van der Waals surface area contributed by atoms with Gasteiger partial charge in [-0.2, -0.15) is 0 Å². The molecule has 1 N–H and O–H groups in total. The molecule has 2 heterocycles. The van der Waals surface area contributed by atoms with Crippen LogP contribution in [0.5, 0.6) is 0 Å². The van der Waals surface area contributed by atoms with Crippen molar-refractivity contribution < 1.29 is 24.0 Å². The predicted octanol–water partition coefficient (Wildman–Crippen LogP) is 4.57. The van der Waals surface area contributed by atoms with Crippen molar-refractivity contribution in [1.29, 1.82) is 0 Å². The molecule has 0 bridgehead atoms. The number of allylic oxidation sites excluding steroid dienone is 3. The normalized spacial score (nSPS) is 24.4. The Hall–Kier alpha value is -2.71. The van der Waals surface area contributed by atoms with Crippen molar-refractivity contribution in [3.8, 4) is 0 Å². The number of halogens is 1. The maximum Gasteiger partial charge on any atom is 0.336 e. The number of nitrogens with one attached hydrogen (secondary N) is 1. The van der Waals surface area contributed by atoms with E-state index in [1.807, 2.05) is 13.8 Å². The van der Waals surface area contributed by atoms with Gasteiger partial charge in [0.1, 0.15) is 6.61 Å². The number of nitro benzene ring substituents is 1. The van der Waals surface area contributed by atoms with Crippen LogP contribution in [0.3, 0.4) is 0 Å². The van der Waals surface area contributed by atoms with Crippen LogP contribution in [0.15, 0.2) is 40.7 Å². The Morgan fingerprint density at radius 2 is 2.12 bits per heavy atom. The summed E-state index contributed by atoms with van der Waals surface area (Å²) in [5.41, 5.74) is 1.85. The Bertz CT molecular complexity index is 1080. The monoisotopic (exact) mass is 474 g/mol. The van der Waals surface area contributed by atoms with Gasteiger partial charge in [0, 0.05) is 53.1 Å². The van der Waals surface area contributed by atoms with Crippen LogP contribution in [-0.4, -0.2) is 36.0 Å². The highest BCUT2D eigenvalue weighted by Gasteiger charge is 2.44. The van der Waals surface area contributed by atoms with Crippen LogP contribution in [0.25, 0.3) is 0 Å². The summed E-state index contributed by atoms with van der Waals surface area (Å²) in [5, 5.41) is 15.0. The lowest BCUT2D eigenvalue weighted by Crippen LogP contribution is -2.39. The van der Waals surface area contributed by atoms with Gasteiger partial charge in [-0.3, -0.25) is 14.9 Å². The van der Waals surface area contributed by atoms with E-state index in [0.717, 1.165) is 18.5 Å². The Labute approximate surface area is 197 Å². The number of nitro groups is 1. The van der Waals surface area contributed by atoms with Gasteiger partial charge in [0.05, 0.1) is 16.6 Å². The molecule has 0 amide bonds. The topological polar surface area (TPSA) is 108 Å². The maximum absolute atomic E-state index is 13.3. The van der Waals surface area contributed by atoms with Crippen molar-refractivity contribution in [1.82, 2.24) is 5.32 Å². The van der Waals surface area contributed by atoms with E-state index in [9.17, 15) is 19.7 Å². The van der Waals surface area contributed by atoms with E-state index in [0.29, 0.717) is 36.3 Å². The fourth-order valence-electron chi connectivity index (χ4n) is 4.91. The molecule has 8 nitrogen and oxygen atoms in total. The molecule has 9 heteroatoms. The van der Waals surface area contributed by atoms with Crippen molar-refractivity contribution >= 4 is 29.0 Å². The van der Waals surface area contributed by atoms with Gasteiger partial charge < -0.3 is 14.8 Å². The highest BCUT2D eigenvalue weighted by atomic mass is 35.5. The highest BCUT2D eigenvalue weighted by molar-refractivity contribution is 6.31. The van der Waals surface area contributed by atoms with E-state index in [-0.39, 0.29) is 40.2 Å². The number of rotatable bonds is 5. The molecule has 0 spiro atoms. The maximum atomic E-state index is 13.3. The second-order valence-corrected chi connectivity index (χ2v) is 10.0. The molecule has 0 radical (unpaired) electrons. The van der Waals surface area contributed by atoms with Crippen LogP contribution in [0.1, 0.15) is 57.9 Å². The van der Waals surface area contributed by atoms with Gasteiger partial charge in [-0.25, -0.2) is 4.79 Å². The standard InChI is InChI=1S/C24H27ClN2O6/c1-13-20(23(29)33-12-15-5-4-8-32-15)21(16-9-14(27(30)31)6-7-17(16)25)22-18(26-13)10-24(2,3)11-19(22)28/h6-7,9,15,21,26H,4-5,8,10-12H2,1-3H3/t15-,21+/m0/s1. The zero-order chi connectivity index (χ0) is 23.9. The molecule has 3 aliphatic rings.